The number of nitrogens with zero attached hydrogens (tertiary/aromatic N) is 2. The molecule has 25 heavy (non-hydrogen) atoms. The monoisotopic (exact) mass is 337 g/mol. The van der Waals surface area contributed by atoms with Crippen molar-refractivity contribution in [2.24, 2.45) is 0 Å². The molecule has 1 N–H and O–H groups in total. The van der Waals surface area contributed by atoms with Crippen molar-refractivity contribution in [2.45, 2.75) is 33.1 Å². The molecule has 1 aliphatic heterocycles. The van der Waals surface area contributed by atoms with Crippen molar-refractivity contribution in [2.75, 3.05) is 38.1 Å². The SMILES string of the molecule is CCN(CC)c1ccc(/C=C2\CCNC3=CCCC=C3N(C)C2)cc1. The van der Waals surface area contributed by atoms with Crippen LogP contribution in [0.2, 0.25) is 0 Å². The van der Waals surface area contributed by atoms with Crippen LogP contribution in [0.4, 0.5) is 5.69 Å². The summed E-state index contributed by atoms with van der Waals surface area (Å²) in [5, 5.41) is 3.61. The lowest BCUT2D eigenvalue weighted by atomic mass is 10.0. The van der Waals surface area contributed by atoms with E-state index >= 15 is 0 Å². The first-order valence-electron chi connectivity index (χ1n) is 9.61. The molecule has 2 aliphatic rings. The van der Waals surface area contributed by atoms with E-state index in [4.69, 9.17) is 0 Å². The van der Waals surface area contributed by atoms with Crippen LogP contribution in [0.1, 0.15) is 38.7 Å². The molecule has 0 radical (unpaired) electrons. The molecule has 1 saturated heterocycles. The average Bonchev–Trinajstić information content (AvgIpc) is 2.63. The van der Waals surface area contributed by atoms with Crippen molar-refractivity contribution in [1.29, 1.82) is 0 Å². The molecule has 0 bridgehead atoms. The van der Waals surface area contributed by atoms with Crippen LogP contribution in [-0.2, 0) is 0 Å². The second kappa shape index (κ2) is 8.28. The van der Waals surface area contributed by atoms with Crippen LogP contribution in [0.25, 0.3) is 6.08 Å². The fourth-order valence-corrected chi connectivity index (χ4v) is 3.74. The molecule has 1 aromatic carbocycles. The highest BCUT2D eigenvalue weighted by molar-refractivity contribution is 5.58. The van der Waals surface area contributed by atoms with E-state index in [9.17, 15) is 0 Å². The van der Waals surface area contributed by atoms with E-state index in [1.807, 2.05) is 0 Å². The number of rotatable bonds is 4. The van der Waals surface area contributed by atoms with Crippen LogP contribution in [0, 0.1) is 0 Å². The number of likely N-dealkylation sites (N-methyl/N-ethyl adjacent to an activating group) is 1. The minimum absolute atomic E-state index is 1.00. The van der Waals surface area contributed by atoms with Crippen LogP contribution in [0.3, 0.4) is 0 Å². The molecule has 0 spiro atoms. The number of hydrogen-bond acceptors (Lipinski definition) is 3. The van der Waals surface area contributed by atoms with Gasteiger partial charge in [0.05, 0.1) is 11.4 Å². The zero-order chi connectivity index (χ0) is 17.6. The zero-order valence-corrected chi connectivity index (χ0v) is 15.9. The molecule has 1 fully saturated rings. The van der Waals surface area contributed by atoms with E-state index in [-0.39, 0.29) is 0 Å². The summed E-state index contributed by atoms with van der Waals surface area (Å²) < 4.78 is 0. The second-order valence-corrected chi connectivity index (χ2v) is 6.88. The highest BCUT2D eigenvalue weighted by atomic mass is 15.1. The first-order valence-corrected chi connectivity index (χ1v) is 9.61. The van der Waals surface area contributed by atoms with Gasteiger partial charge in [0.25, 0.3) is 0 Å². The Labute approximate surface area is 152 Å². The number of fused-ring (bicyclic) bond motifs is 1. The van der Waals surface area contributed by atoms with Gasteiger partial charge in [-0.2, -0.15) is 0 Å². The maximum absolute atomic E-state index is 3.61. The van der Waals surface area contributed by atoms with Gasteiger partial charge in [0.1, 0.15) is 0 Å². The van der Waals surface area contributed by atoms with Crippen LogP contribution in [0.15, 0.2) is 53.4 Å². The van der Waals surface area contributed by atoms with Gasteiger partial charge >= 0.3 is 0 Å². The molecule has 0 saturated carbocycles. The maximum Gasteiger partial charge on any atom is 0.0558 e. The largest absolute Gasteiger partial charge is 0.383 e. The fraction of sp³-hybridized carbons (Fsp3) is 0.455. The van der Waals surface area contributed by atoms with Gasteiger partial charge in [-0.15, -0.1) is 0 Å². The molecule has 0 amide bonds. The van der Waals surface area contributed by atoms with E-state index in [1.165, 1.54) is 28.2 Å². The Morgan fingerprint density at radius 2 is 1.80 bits per heavy atom. The zero-order valence-electron chi connectivity index (χ0n) is 15.9. The smallest absolute Gasteiger partial charge is 0.0558 e. The van der Waals surface area contributed by atoms with E-state index in [1.54, 1.807) is 0 Å². The number of nitrogens with one attached hydrogen (secondary N) is 1. The minimum atomic E-state index is 1.00. The normalized spacial score (nSPS) is 19.3. The molecule has 3 heteroatoms. The molecule has 1 heterocycles. The summed E-state index contributed by atoms with van der Waals surface area (Å²) >= 11 is 0. The summed E-state index contributed by atoms with van der Waals surface area (Å²) in [4.78, 5) is 4.76. The van der Waals surface area contributed by atoms with E-state index in [0.29, 0.717) is 0 Å². The minimum Gasteiger partial charge on any atom is -0.383 e. The molecule has 1 aromatic rings. The highest BCUT2D eigenvalue weighted by Gasteiger charge is 2.17. The molecular formula is C22H31N3. The quantitative estimate of drug-likeness (QED) is 0.878. The molecule has 0 unspecified atom stereocenters. The van der Waals surface area contributed by atoms with Crippen LogP contribution in [0.5, 0.6) is 0 Å². The van der Waals surface area contributed by atoms with Crippen molar-refractivity contribution in [3.63, 3.8) is 0 Å². The number of hydrogen-bond donors (Lipinski definition) is 1. The predicted octanol–water partition coefficient (Wildman–Crippen LogP) is 4.40. The molecule has 1 aliphatic carbocycles. The number of anilines is 1. The van der Waals surface area contributed by atoms with Gasteiger partial charge in [0, 0.05) is 38.9 Å². The van der Waals surface area contributed by atoms with Crippen LogP contribution >= 0.6 is 0 Å². The fourth-order valence-electron chi connectivity index (χ4n) is 3.74. The Hall–Kier alpha value is -2.16. The van der Waals surface area contributed by atoms with Crippen molar-refractivity contribution in [3.05, 3.63) is 58.9 Å². The van der Waals surface area contributed by atoms with Gasteiger partial charge in [-0.05, 0) is 56.4 Å². The lowest BCUT2D eigenvalue weighted by Crippen LogP contribution is -2.32. The Morgan fingerprint density at radius 1 is 1.08 bits per heavy atom. The summed E-state index contributed by atoms with van der Waals surface area (Å²) in [6.45, 7) is 8.54. The summed E-state index contributed by atoms with van der Waals surface area (Å²) in [5.41, 5.74) is 6.76. The lowest BCUT2D eigenvalue weighted by Gasteiger charge is -2.31. The number of benzene rings is 1. The van der Waals surface area contributed by atoms with Crippen LogP contribution in [-0.4, -0.2) is 38.1 Å². The highest BCUT2D eigenvalue weighted by Crippen LogP contribution is 2.24. The standard InChI is InChI=1S/C22H31N3/c1-4-25(5-2)20-12-10-18(11-13-20)16-19-14-15-23-21-8-6-7-9-22(21)24(3)17-19/h8-13,16,23H,4-7,14-15,17H2,1-3H3/b19-16+. The molecular weight excluding hydrogens is 306 g/mol. The predicted molar refractivity (Wildman–Crippen MR) is 109 cm³/mol. The molecule has 0 aromatic heterocycles. The van der Waals surface area contributed by atoms with Gasteiger partial charge < -0.3 is 15.1 Å². The van der Waals surface area contributed by atoms with Crippen molar-refractivity contribution < 1.29 is 0 Å². The van der Waals surface area contributed by atoms with Crippen molar-refractivity contribution in [3.8, 4) is 0 Å². The lowest BCUT2D eigenvalue weighted by molar-refractivity contribution is 0.431. The summed E-state index contributed by atoms with van der Waals surface area (Å²) in [6.07, 6.45) is 10.5. The molecule has 3 rings (SSSR count). The summed E-state index contributed by atoms with van der Waals surface area (Å²) in [7, 11) is 2.20. The second-order valence-electron chi connectivity index (χ2n) is 6.88. The van der Waals surface area contributed by atoms with Crippen LogP contribution < -0.4 is 10.2 Å². The first kappa shape index (κ1) is 17.7. The molecule has 134 valence electrons. The van der Waals surface area contributed by atoms with Crippen molar-refractivity contribution >= 4 is 11.8 Å². The van der Waals surface area contributed by atoms with E-state index in [2.05, 4.69) is 78.5 Å². The topological polar surface area (TPSA) is 18.5 Å². The Bertz CT molecular complexity index is 663. The third kappa shape index (κ3) is 4.28. The third-order valence-electron chi connectivity index (χ3n) is 5.13. The third-order valence-corrected chi connectivity index (χ3v) is 5.13. The van der Waals surface area contributed by atoms with Gasteiger partial charge in [0.2, 0.25) is 0 Å². The van der Waals surface area contributed by atoms with Crippen molar-refractivity contribution in [1.82, 2.24) is 10.2 Å². The van der Waals surface area contributed by atoms with Gasteiger partial charge in [-0.3, -0.25) is 0 Å². The Morgan fingerprint density at radius 3 is 2.52 bits per heavy atom. The molecule has 3 nitrogen and oxygen atoms in total. The van der Waals surface area contributed by atoms with E-state index in [0.717, 1.165) is 45.4 Å². The van der Waals surface area contributed by atoms with E-state index < -0.39 is 0 Å². The summed E-state index contributed by atoms with van der Waals surface area (Å²) in [5.74, 6) is 0. The molecule has 0 atom stereocenters. The Kier molecular flexibility index (Phi) is 5.85. The Balaban J connectivity index is 1.74. The van der Waals surface area contributed by atoms with Gasteiger partial charge in [-0.1, -0.05) is 30.4 Å². The van der Waals surface area contributed by atoms with Gasteiger partial charge in [-0.25, -0.2) is 0 Å². The average molecular weight is 338 g/mol. The summed E-state index contributed by atoms with van der Waals surface area (Å²) in [6, 6.07) is 8.99. The first-order chi connectivity index (χ1) is 12.2. The number of allylic oxidation sites excluding steroid dienone is 2. The van der Waals surface area contributed by atoms with Gasteiger partial charge in [0.15, 0.2) is 0 Å². The maximum atomic E-state index is 3.61.